The van der Waals surface area contributed by atoms with E-state index in [1.807, 2.05) is 42.6 Å². The molecule has 118 valence electrons. The molecule has 0 fully saturated rings. The van der Waals surface area contributed by atoms with Gasteiger partial charge in [-0.25, -0.2) is 0 Å². The molecule has 0 aliphatic carbocycles. The molecule has 24 heavy (non-hydrogen) atoms. The van der Waals surface area contributed by atoms with Gasteiger partial charge in [0.25, 0.3) is 5.78 Å². The van der Waals surface area contributed by atoms with Gasteiger partial charge in [0.05, 0.1) is 5.52 Å². The van der Waals surface area contributed by atoms with E-state index in [0.717, 1.165) is 28.0 Å². The van der Waals surface area contributed by atoms with E-state index in [9.17, 15) is 0 Å². The van der Waals surface area contributed by atoms with E-state index in [-0.39, 0.29) is 0 Å². The minimum absolute atomic E-state index is 0.595. The molecule has 0 spiro atoms. The van der Waals surface area contributed by atoms with Gasteiger partial charge < -0.3 is 4.90 Å². The second-order valence-corrected chi connectivity index (χ2v) is 5.61. The first-order valence-corrected chi connectivity index (χ1v) is 7.83. The molecule has 0 radical (unpaired) electrons. The van der Waals surface area contributed by atoms with Crippen molar-refractivity contribution in [3.63, 3.8) is 0 Å². The zero-order valence-corrected chi connectivity index (χ0v) is 13.6. The van der Waals surface area contributed by atoms with Crippen LogP contribution in [0, 0.1) is 0 Å². The highest BCUT2D eigenvalue weighted by molar-refractivity contribution is 5.94. The lowest BCUT2D eigenvalue weighted by molar-refractivity contribution is 1.08. The Hall–Kier alpha value is -3.21. The smallest absolute Gasteiger partial charge is 0.257 e. The van der Waals surface area contributed by atoms with Crippen LogP contribution in [0.2, 0.25) is 0 Å². The first-order chi connectivity index (χ1) is 11.8. The largest absolute Gasteiger partial charge is 0.329 e. The number of hydrogen-bond acceptors (Lipinski definition) is 4. The molecule has 2 aromatic heterocycles. The Labute approximate surface area is 139 Å². The summed E-state index contributed by atoms with van der Waals surface area (Å²) in [6.07, 6.45) is 5.82. The van der Waals surface area contributed by atoms with Gasteiger partial charge in [-0.3, -0.25) is 4.40 Å². The minimum atomic E-state index is 0.595. The Kier molecular flexibility index (Phi) is 3.46. The lowest BCUT2D eigenvalue weighted by Gasteiger charge is -2.20. The standard InChI is InChI=1S/C19H17N5/c1-3-7-14-10-11-16-17(12-14)24-13-20-22-19(24)21-18(16)23(2)15-8-5-4-6-9-15/h3-13H,1-2H3/b7-3-. The zero-order valence-electron chi connectivity index (χ0n) is 13.6. The third-order valence-corrected chi connectivity index (χ3v) is 4.08. The minimum Gasteiger partial charge on any atom is -0.329 e. The number of para-hydroxylation sites is 1. The first kappa shape index (κ1) is 14.4. The molecule has 0 bridgehead atoms. The van der Waals surface area contributed by atoms with Gasteiger partial charge in [-0.1, -0.05) is 36.4 Å². The molecule has 2 aromatic carbocycles. The number of allylic oxidation sites excluding steroid dienone is 1. The van der Waals surface area contributed by atoms with Gasteiger partial charge in [0, 0.05) is 18.1 Å². The van der Waals surface area contributed by atoms with Gasteiger partial charge in [0.15, 0.2) is 0 Å². The van der Waals surface area contributed by atoms with Crippen molar-refractivity contribution in [3.8, 4) is 0 Å². The molecule has 0 aliphatic rings. The van der Waals surface area contributed by atoms with Crippen LogP contribution in [-0.4, -0.2) is 26.6 Å². The van der Waals surface area contributed by atoms with Gasteiger partial charge in [-0.05, 0) is 36.8 Å². The van der Waals surface area contributed by atoms with Crippen LogP contribution in [0.15, 0.2) is 60.9 Å². The number of nitrogens with zero attached hydrogens (tertiary/aromatic N) is 5. The van der Waals surface area contributed by atoms with E-state index in [1.165, 1.54) is 0 Å². The number of hydrogen-bond donors (Lipinski definition) is 0. The number of aromatic nitrogens is 4. The van der Waals surface area contributed by atoms with E-state index < -0.39 is 0 Å². The van der Waals surface area contributed by atoms with Gasteiger partial charge in [-0.2, -0.15) is 4.98 Å². The van der Waals surface area contributed by atoms with E-state index in [0.29, 0.717) is 5.78 Å². The van der Waals surface area contributed by atoms with Crippen molar-refractivity contribution in [3.05, 3.63) is 66.5 Å². The maximum Gasteiger partial charge on any atom is 0.257 e. The third kappa shape index (κ3) is 2.31. The average Bonchev–Trinajstić information content (AvgIpc) is 3.10. The first-order valence-electron chi connectivity index (χ1n) is 7.83. The molecule has 0 unspecified atom stereocenters. The van der Waals surface area contributed by atoms with Crippen molar-refractivity contribution in [2.24, 2.45) is 0 Å². The van der Waals surface area contributed by atoms with Crippen LogP contribution in [0.1, 0.15) is 12.5 Å². The Morgan fingerprint density at radius 3 is 2.71 bits per heavy atom. The molecule has 0 amide bonds. The molecule has 0 saturated carbocycles. The van der Waals surface area contributed by atoms with Crippen molar-refractivity contribution >= 4 is 34.3 Å². The topological polar surface area (TPSA) is 46.3 Å². The van der Waals surface area contributed by atoms with Crippen LogP contribution in [-0.2, 0) is 0 Å². The molecule has 0 saturated heterocycles. The summed E-state index contributed by atoms with van der Waals surface area (Å²) < 4.78 is 1.92. The predicted molar refractivity (Wildman–Crippen MR) is 97.5 cm³/mol. The average molecular weight is 315 g/mol. The summed E-state index contributed by atoms with van der Waals surface area (Å²) in [5.74, 6) is 1.46. The normalized spacial score (nSPS) is 11.6. The molecule has 0 N–H and O–H groups in total. The molecular weight excluding hydrogens is 298 g/mol. The summed E-state index contributed by atoms with van der Waals surface area (Å²) in [5.41, 5.74) is 3.26. The van der Waals surface area contributed by atoms with Crippen molar-refractivity contribution < 1.29 is 0 Å². The van der Waals surface area contributed by atoms with Crippen molar-refractivity contribution in [1.29, 1.82) is 0 Å². The Bertz CT molecular complexity index is 1030. The summed E-state index contributed by atoms with van der Waals surface area (Å²) in [5, 5.41) is 9.21. The van der Waals surface area contributed by atoms with Crippen molar-refractivity contribution in [2.45, 2.75) is 6.92 Å². The van der Waals surface area contributed by atoms with E-state index >= 15 is 0 Å². The summed E-state index contributed by atoms with van der Waals surface area (Å²) in [4.78, 5) is 6.79. The summed E-state index contributed by atoms with van der Waals surface area (Å²) >= 11 is 0. The van der Waals surface area contributed by atoms with Crippen LogP contribution >= 0.6 is 0 Å². The summed E-state index contributed by atoms with van der Waals surface area (Å²) in [6, 6.07) is 16.5. The van der Waals surface area contributed by atoms with Crippen LogP contribution in [0.4, 0.5) is 11.5 Å². The van der Waals surface area contributed by atoms with Gasteiger partial charge in [-0.15, -0.1) is 10.2 Å². The molecule has 4 rings (SSSR count). The highest BCUT2D eigenvalue weighted by Gasteiger charge is 2.14. The molecule has 4 aromatic rings. The fourth-order valence-corrected chi connectivity index (χ4v) is 2.89. The monoisotopic (exact) mass is 315 g/mol. The Morgan fingerprint density at radius 2 is 1.92 bits per heavy atom. The second kappa shape index (κ2) is 5.77. The third-order valence-electron chi connectivity index (χ3n) is 4.08. The van der Waals surface area contributed by atoms with E-state index in [4.69, 9.17) is 4.98 Å². The quantitative estimate of drug-likeness (QED) is 0.571. The molecule has 5 nitrogen and oxygen atoms in total. The van der Waals surface area contributed by atoms with Gasteiger partial charge in [0.2, 0.25) is 0 Å². The number of anilines is 2. The van der Waals surface area contributed by atoms with Gasteiger partial charge in [0.1, 0.15) is 12.1 Å². The maximum atomic E-state index is 4.71. The SMILES string of the molecule is C/C=C\c1ccc2c(N(C)c3ccccc3)nc3nncn3c2c1. The Balaban J connectivity index is 2.00. The summed E-state index contributed by atoms with van der Waals surface area (Å²) in [6.45, 7) is 2.01. The Morgan fingerprint density at radius 1 is 1.08 bits per heavy atom. The highest BCUT2D eigenvalue weighted by atomic mass is 15.3. The van der Waals surface area contributed by atoms with Crippen molar-refractivity contribution in [1.82, 2.24) is 19.6 Å². The van der Waals surface area contributed by atoms with E-state index in [2.05, 4.69) is 51.5 Å². The van der Waals surface area contributed by atoms with Crippen LogP contribution in [0.3, 0.4) is 0 Å². The summed E-state index contributed by atoms with van der Waals surface area (Å²) in [7, 11) is 2.02. The van der Waals surface area contributed by atoms with E-state index in [1.54, 1.807) is 6.33 Å². The molecule has 0 aliphatic heterocycles. The number of rotatable bonds is 3. The maximum absolute atomic E-state index is 4.71. The number of benzene rings is 2. The predicted octanol–water partition coefficient (Wildman–Crippen LogP) is 4.08. The zero-order chi connectivity index (χ0) is 16.5. The molecular formula is C19H17N5. The molecule has 2 heterocycles. The van der Waals surface area contributed by atoms with Crippen molar-refractivity contribution in [2.75, 3.05) is 11.9 Å². The lowest BCUT2D eigenvalue weighted by Crippen LogP contribution is -2.12. The highest BCUT2D eigenvalue weighted by Crippen LogP contribution is 2.30. The molecule has 5 heteroatoms. The fraction of sp³-hybridized carbons (Fsp3) is 0.105. The lowest BCUT2D eigenvalue weighted by atomic mass is 10.1. The molecule has 0 atom stereocenters. The fourth-order valence-electron chi connectivity index (χ4n) is 2.89. The second-order valence-electron chi connectivity index (χ2n) is 5.61. The van der Waals surface area contributed by atoms with Crippen LogP contribution in [0.5, 0.6) is 0 Å². The van der Waals surface area contributed by atoms with Crippen LogP contribution in [0.25, 0.3) is 22.8 Å². The van der Waals surface area contributed by atoms with Crippen LogP contribution < -0.4 is 4.90 Å². The number of fused-ring (bicyclic) bond motifs is 3. The van der Waals surface area contributed by atoms with Gasteiger partial charge >= 0.3 is 0 Å².